The average Bonchev–Trinajstić information content (AvgIpc) is 2.26. The summed E-state index contributed by atoms with van der Waals surface area (Å²) in [5.41, 5.74) is -2.57. The minimum absolute atomic E-state index is 0.487. The predicted octanol–water partition coefficient (Wildman–Crippen LogP) is 1.29. The van der Waals surface area contributed by atoms with Gasteiger partial charge in [-0.05, 0) is 0 Å². The second-order valence-corrected chi connectivity index (χ2v) is 2.71. The van der Waals surface area contributed by atoms with Crippen molar-refractivity contribution in [2.75, 3.05) is 0 Å². The largest absolute Gasteiger partial charge is 0.390 e. The summed E-state index contributed by atoms with van der Waals surface area (Å²) in [6.45, 7) is -0.845. The van der Waals surface area contributed by atoms with Gasteiger partial charge in [-0.3, -0.25) is 10.1 Å². The van der Waals surface area contributed by atoms with Crippen molar-refractivity contribution in [2.24, 2.45) is 0 Å². The molecular weight excluding hydrogens is 224 g/mol. The van der Waals surface area contributed by atoms with Gasteiger partial charge in [0.05, 0.1) is 17.1 Å². The van der Waals surface area contributed by atoms with Crippen LogP contribution in [0.15, 0.2) is 6.07 Å². The van der Waals surface area contributed by atoms with Gasteiger partial charge in [-0.25, -0.2) is 13.8 Å². The van der Waals surface area contributed by atoms with Crippen molar-refractivity contribution in [1.29, 1.82) is 5.26 Å². The van der Waals surface area contributed by atoms with E-state index in [-0.39, 0.29) is 0 Å². The zero-order valence-electron chi connectivity index (χ0n) is 7.72. The van der Waals surface area contributed by atoms with Gasteiger partial charge in [-0.2, -0.15) is 5.26 Å². The zero-order chi connectivity index (χ0) is 12.3. The molecule has 1 aromatic rings. The summed E-state index contributed by atoms with van der Waals surface area (Å²) in [7, 11) is 0. The minimum Gasteiger partial charge on any atom is -0.390 e. The van der Waals surface area contributed by atoms with Gasteiger partial charge in [-0.15, -0.1) is 0 Å². The van der Waals surface area contributed by atoms with Gasteiger partial charge in [0, 0.05) is 6.07 Å². The molecule has 1 N–H and O–H groups in total. The smallest absolute Gasteiger partial charge is 0.294 e. The molecule has 0 aliphatic carbocycles. The molecule has 0 aliphatic rings. The van der Waals surface area contributed by atoms with Gasteiger partial charge in [0.15, 0.2) is 0 Å². The molecule has 0 aliphatic heterocycles. The number of hydrogen-bond acceptors (Lipinski definition) is 5. The van der Waals surface area contributed by atoms with Gasteiger partial charge in [0.2, 0.25) is 0 Å². The molecule has 1 aromatic heterocycles. The number of aliphatic hydroxyl groups excluding tert-OH is 1. The van der Waals surface area contributed by atoms with Gasteiger partial charge < -0.3 is 5.11 Å². The van der Waals surface area contributed by atoms with Crippen molar-refractivity contribution < 1.29 is 18.8 Å². The fourth-order valence-electron chi connectivity index (χ4n) is 1.09. The lowest BCUT2D eigenvalue weighted by atomic mass is 10.1. The number of aliphatic hydroxyl groups is 1. The third kappa shape index (κ3) is 2.09. The fourth-order valence-corrected chi connectivity index (χ4v) is 1.09. The Morgan fingerprint density at radius 1 is 1.69 bits per heavy atom. The first kappa shape index (κ1) is 11.9. The Labute approximate surface area is 87.9 Å². The quantitative estimate of drug-likeness (QED) is 0.621. The summed E-state index contributed by atoms with van der Waals surface area (Å²) < 4.78 is 24.8. The highest BCUT2D eigenvalue weighted by Crippen LogP contribution is 2.26. The van der Waals surface area contributed by atoms with Crippen LogP contribution in [0.1, 0.15) is 23.4 Å². The van der Waals surface area contributed by atoms with Crippen LogP contribution in [0.3, 0.4) is 0 Å². The molecule has 0 spiro atoms. The van der Waals surface area contributed by atoms with Crippen LogP contribution < -0.4 is 0 Å². The molecule has 1 heterocycles. The summed E-state index contributed by atoms with van der Waals surface area (Å²) in [5.74, 6) is 0. The van der Waals surface area contributed by atoms with Crippen molar-refractivity contribution >= 4 is 5.69 Å². The zero-order valence-corrected chi connectivity index (χ0v) is 7.72. The van der Waals surface area contributed by atoms with Gasteiger partial charge >= 0.3 is 0 Å². The molecule has 0 amide bonds. The van der Waals surface area contributed by atoms with E-state index in [9.17, 15) is 18.9 Å². The maximum atomic E-state index is 12.4. The number of nitro groups is 1. The first-order valence-electron chi connectivity index (χ1n) is 3.98. The van der Waals surface area contributed by atoms with Gasteiger partial charge in [0.25, 0.3) is 12.1 Å². The Kier molecular flexibility index (Phi) is 3.42. The molecule has 0 bridgehead atoms. The Morgan fingerprint density at radius 3 is 2.69 bits per heavy atom. The molecule has 16 heavy (non-hydrogen) atoms. The molecule has 0 fully saturated rings. The van der Waals surface area contributed by atoms with E-state index >= 15 is 0 Å². The Hall–Kier alpha value is -2.14. The predicted molar refractivity (Wildman–Crippen MR) is 46.5 cm³/mol. The van der Waals surface area contributed by atoms with E-state index in [2.05, 4.69) is 4.98 Å². The van der Waals surface area contributed by atoms with Crippen LogP contribution >= 0.6 is 0 Å². The number of halogens is 2. The van der Waals surface area contributed by atoms with E-state index < -0.39 is 40.6 Å². The number of hydrogen-bond donors (Lipinski definition) is 1. The van der Waals surface area contributed by atoms with Crippen molar-refractivity contribution in [1.82, 2.24) is 4.98 Å². The van der Waals surface area contributed by atoms with E-state index in [1.807, 2.05) is 0 Å². The van der Waals surface area contributed by atoms with Crippen LogP contribution in [0.5, 0.6) is 0 Å². The fraction of sp³-hybridized carbons (Fsp3) is 0.250. The number of alkyl halides is 2. The Morgan fingerprint density at radius 2 is 2.31 bits per heavy atom. The molecule has 0 saturated heterocycles. The van der Waals surface area contributed by atoms with E-state index in [0.29, 0.717) is 6.07 Å². The number of nitriles is 1. The minimum atomic E-state index is -3.03. The van der Waals surface area contributed by atoms with E-state index in [1.165, 1.54) is 6.07 Å². The second kappa shape index (κ2) is 4.59. The van der Waals surface area contributed by atoms with Crippen LogP contribution in [-0.2, 0) is 6.61 Å². The molecule has 8 heteroatoms. The van der Waals surface area contributed by atoms with E-state index in [1.54, 1.807) is 0 Å². The summed E-state index contributed by atoms with van der Waals surface area (Å²) in [6, 6.07) is 2.08. The van der Waals surface area contributed by atoms with Crippen LogP contribution in [0, 0.1) is 21.4 Å². The number of aromatic nitrogens is 1. The normalized spacial score (nSPS) is 10.2. The highest BCUT2D eigenvalue weighted by molar-refractivity contribution is 5.46. The van der Waals surface area contributed by atoms with Crippen molar-refractivity contribution in [2.45, 2.75) is 13.0 Å². The number of rotatable bonds is 3. The molecule has 84 valence electrons. The van der Waals surface area contributed by atoms with Gasteiger partial charge in [-0.1, -0.05) is 0 Å². The number of pyridine rings is 1. The van der Waals surface area contributed by atoms with Crippen LogP contribution in [-0.4, -0.2) is 15.0 Å². The molecule has 0 unspecified atom stereocenters. The lowest BCUT2D eigenvalue weighted by Gasteiger charge is -2.04. The first-order chi connectivity index (χ1) is 7.51. The van der Waals surface area contributed by atoms with Crippen molar-refractivity contribution in [3.8, 4) is 6.07 Å². The molecule has 0 radical (unpaired) electrons. The SMILES string of the molecule is N#Cc1cc([N+](=O)[O-])c(CO)nc1C(F)F. The highest BCUT2D eigenvalue weighted by Gasteiger charge is 2.23. The lowest BCUT2D eigenvalue weighted by Crippen LogP contribution is -2.05. The first-order valence-corrected chi connectivity index (χ1v) is 3.98. The Bertz CT molecular complexity index is 470. The average molecular weight is 229 g/mol. The van der Waals surface area contributed by atoms with Crippen LogP contribution in [0.4, 0.5) is 14.5 Å². The molecular formula is C8H5F2N3O3. The summed E-state index contributed by atoms with van der Waals surface area (Å²) >= 11 is 0. The molecule has 1 rings (SSSR count). The molecule has 0 aromatic carbocycles. The third-order valence-electron chi connectivity index (χ3n) is 1.78. The maximum absolute atomic E-state index is 12.4. The Balaban J connectivity index is 3.48. The molecule has 0 atom stereocenters. The summed E-state index contributed by atoms with van der Waals surface area (Å²) in [4.78, 5) is 12.8. The molecule has 0 saturated carbocycles. The number of nitrogens with zero attached hydrogens (tertiary/aromatic N) is 3. The summed E-state index contributed by atoms with van der Waals surface area (Å²) in [5, 5.41) is 27.8. The molecule has 6 nitrogen and oxygen atoms in total. The highest BCUT2D eigenvalue weighted by atomic mass is 19.3. The lowest BCUT2D eigenvalue weighted by molar-refractivity contribution is -0.386. The van der Waals surface area contributed by atoms with Crippen molar-refractivity contribution in [3.05, 3.63) is 33.1 Å². The second-order valence-electron chi connectivity index (χ2n) is 2.71. The standard InChI is InChI=1S/C8H5F2N3O3/c9-8(10)7-4(2-11)1-6(13(15)16)5(3-14)12-7/h1,8,14H,3H2. The third-order valence-corrected chi connectivity index (χ3v) is 1.78. The topological polar surface area (TPSA) is 100 Å². The van der Waals surface area contributed by atoms with Crippen molar-refractivity contribution in [3.63, 3.8) is 0 Å². The maximum Gasteiger partial charge on any atom is 0.294 e. The monoisotopic (exact) mass is 229 g/mol. The van der Waals surface area contributed by atoms with E-state index in [4.69, 9.17) is 10.4 Å². The van der Waals surface area contributed by atoms with Crippen LogP contribution in [0.25, 0.3) is 0 Å². The van der Waals surface area contributed by atoms with Gasteiger partial charge in [0.1, 0.15) is 17.5 Å². The summed E-state index contributed by atoms with van der Waals surface area (Å²) in [6.07, 6.45) is -3.03. The van der Waals surface area contributed by atoms with E-state index in [0.717, 1.165) is 0 Å². The van der Waals surface area contributed by atoms with Crippen LogP contribution in [0.2, 0.25) is 0 Å².